The molecule has 34 heavy (non-hydrogen) atoms. The molecule has 1 atom stereocenters. The van der Waals surface area contributed by atoms with Crippen LogP contribution in [0.5, 0.6) is 11.5 Å². The molecule has 0 spiro atoms. The van der Waals surface area contributed by atoms with Crippen molar-refractivity contribution in [3.8, 4) is 11.5 Å². The molecule has 1 aromatic heterocycles. The van der Waals surface area contributed by atoms with E-state index in [-0.39, 0.29) is 19.0 Å². The van der Waals surface area contributed by atoms with Crippen LogP contribution in [0.2, 0.25) is 0 Å². The lowest BCUT2D eigenvalue weighted by Crippen LogP contribution is -2.48. The summed E-state index contributed by atoms with van der Waals surface area (Å²) in [6.45, 7) is 7.76. The fraction of sp³-hybridized carbons (Fsp3) is 0.423. The molecule has 1 N–H and O–H groups in total. The summed E-state index contributed by atoms with van der Waals surface area (Å²) in [5.74, 6) is 0.990. The Morgan fingerprint density at radius 1 is 1.09 bits per heavy atom. The summed E-state index contributed by atoms with van der Waals surface area (Å²) in [6.07, 6.45) is 0. The number of aliphatic hydroxyl groups is 1. The molecular weight excluding hydrogens is 437 g/mol. The Bertz CT molecular complexity index is 1070. The van der Waals surface area contributed by atoms with Crippen molar-refractivity contribution in [3.05, 3.63) is 77.4 Å². The van der Waals surface area contributed by atoms with Gasteiger partial charge in [0, 0.05) is 25.3 Å². The smallest absolute Gasteiger partial charge is 0.134 e. The lowest BCUT2D eigenvalue weighted by molar-refractivity contribution is -0.0646. The minimum atomic E-state index is -1.17. The van der Waals surface area contributed by atoms with Gasteiger partial charge in [-0.3, -0.25) is 9.58 Å². The summed E-state index contributed by atoms with van der Waals surface area (Å²) < 4.78 is 32.4. The third-order valence-electron chi connectivity index (χ3n) is 5.74. The summed E-state index contributed by atoms with van der Waals surface area (Å²) in [7, 11) is 0. The second kappa shape index (κ2) is 11.0. The van der Waals surface area contributed by atoms with Gasteiger partial charge in [-0.1, -0.05) is 12.1 Å². The van der Waals surface area contributed by atoms with Crippen molar-refractivity contribution in [2.75, 3.05) is 39.5 Å². The van der Waals surface area contributed by atoms with Gasteiger partial charge in [0.2, 0.25) is 0 Å². The van der Waals surface area contributed by atoms with E-state index in [0.29, 0.717) is 45.1 Å². The summed E-state index contributed by atoms with van der Waals surface area (Å²) in [4.78, 5) is 2.15. The summed E-state index contributed by atoms with van der Waals surface area (Å²) >= 11 is 0. The Hall–Kier alpha value is -2.94. The van der Waals surface area contributed by atoms with Gasteiger partial charge in [-0.15, -0.1) is 0 Å². The fourth-order valence-corrected chi connectivity index (χ4v) is 4.11. The number of aromatic nitrogens is 2. The van der Waals surface area contributed by atoms with Gasteiger partial charge in [0.15, 0.2) is 0 Å². The molecule has 0 amide bonds. The molecule has 0 unspecified atom stereocenters. The van der Waals surface area contributed by atoms with E-state index in [1.807, 2.05) is 42.8 Å². The number of aryl methyl sites for hydroxylation is 2. The maximum absolute atomic E-state index is 13.1. The molecule has 2 aromatic carbocycles. The van der Waals surface area contributed by atoms with Crippen molar-refractivity contribution in [2.45, 2.75) is 32.5 Å². The first kappa shape index (κ1) is 24.2. The lowest BCUT2D eigenvalue weighted by atomic mass is 10.1. The van der Waals surface area contributed by atoms with Crippen LogP contribution in [0.3, 0.4) is 0 Å². The Kier molecular flexibility index (Phi) is 7.82. The zero-order valence-electron chi connectivity index (χ0n) is 19.7. The molecule has 0 saturated carbocycles. The van der Waals surface area contributed by atoms with E-state index in [9.17, 15) is 9.50 Å². The van der Waals surface area contributed by atoms with Crippen LogP contribution in [0.25, 0.3) is 0 Å². The average molecular weight is 470 g/mol. The van der Waals surface area contributed by atoms with E-state index in [2.05, 4.69) is 16.1 Å². The van der Waals surface area contributed by atoms with E-state index in [4.69, 9.17) is 14.2 Å². The van der Waals surface area contributed by atoms with E-state index < -0.39 is 5.60 Å². The SMILES string of the molecule is Cc1cc(C)n(CCOc2cccc(CN3CCOC[C@@](O)(COc4ccc(F)cc4)C3)c2)n1. The third-order valence-corrected chi connectivity index (χ3v) is 5.74. The first-order valence-electron chi connectivity index (χ1n) is 11.5. The van der Waals surface area contributed by atoms with Crippen molar-refractivity contribution in [3.63, 3.8) is 0 Å². The molecule has 1 aliphatic rings. The molecule has 1 fully saturated rings. The number of hydrogen-bond donors (Lipinski definition) is 1. The molecule has 1 saturated heterocycles. The Morgan fingerprint density at radius 3 is 2.68 bits per heavy atom. The van der Waals surface area contributed by atoms with Crippen molar-refractivity contribution >= 4 is 0 Å². The van der Waals surface area contributed by atoms with Gasteiger partial charge in [0.1, 0.15) is 36.1 Å². The molecule has 2 heterocycles. The number of rotatable bonds is 9. The van der Waals surface area contributed by atoms with Crippen LogP contribution < -0.4 is 9.47 Å². The zero-order valence-corrected chi connectivity index (χ0v) is 19.7. The van der Waals surface area contributed by atoms with Gasteiger partial charge in [0.25, 0.3) is 0 Å². The highest BCUT2D eigenvalue weighted by atomic mass is 19.1. The Labute approximate surface area is 199 Å². The first-order valence-corrected chi connectivity index (χ1v) is 11.5. The maximum Gasteiger partial charge on any atom is 0.134 e. The number of benzene rings is 2. The van der Waals surface area contributed by atoms with Gasteiger partial charge in [-0.2, -0.15) is 5.10 Å². The fourth-order valence-electron chi connectivity index (χ4n) is 4.11. The highest BCUT2D eigenvalue weighted by Gasteiger charge is 2.33. The maximum atomic E-state index is 13.1. The van der Waals surface area contributed by atoms with Gasteiger partial charge < -0.3 is 19.3 Å². The topological polar surface area (TPSA) is 69.0 Å². The van der Waals surface area contributed by atoms with Crippen LogP contribution in [-0.4, -0.2) is 64.9 Å². The predicted octanol–water partition coefficient (Wildman–Crippen LogP) is 3.36. The number of β-amino-alcohol motifs (C(OH)–C–C–N with tert-alkyl or cyclic N) is 1. The van der Waals surface area contributed by atoms with Crippen LogP contribution >= 0.6 is 0 Å². The number of hydrogen-bond acceptors (Lipinski definition) is 6. The molecule has 0 radical (unpaired) electrons. The summed E-state index contributed by atoms with van der Waals surface area (Å²) in [5, 5.41) is 15.6. The molecular formula is C26H32FN3O4. The zero-order chi connectivity index (χ0) is 24.0. The summed E-state index contributed by atoms with van der Waals surface area (Å²) in [5.41, 5.74) is 2.05. The van der Waals surface area contributed by atoms with Crippen molar-refractivity contribution < 1.29 is 23.7 Å². The van der Waals surface area contributed by atoms with Gasteiger partial charge >= 0.3 is 0 Å². The van der Waals surface area contributed by atoms with Crippen LogP contribution in [-0.2, 0) is 17.8 Å². The Morgan fingerprint density at radius 2 is 1.91 bits per heavy atom. The third kappa shape index (κ3) is 6.79. The highest BCUT2D eigenvalue weighted by molar-refractivity contribution is 5.28. The first-order chi connectivity index (χ1) is 16.4. The minimum Gasteiger partial charge on any atom is -0.492 e. The largest absolute Gasteiger partial charge is 0.492 e. The van der Waals surface area contributed by atoms with E-state index in [1.54, 1.807) is 12.1 Å². The molecule has 7 nitrogen and oxygen atoms in total. The summed E-state index contributed by atoms with van der Waals surface area (Å²) in [6, 6.07) is 15.8. The monoisotopic (exact) mass is 469 g/mol. The van der Waals surface area contributed by atoms with Crippen molar-refractivity contribution in [1.82, 2.24) is 14.7 Å². The van der Waals surface area contributed by atoms with Crippen molar-refractivity contribution in [1.29, 1.82) is 0 Å². The molecule has 3 aromatic rings. The van der Waals surface area contributed by atoms with Crippen LogP contribution in [0, 0.1) is 19.7 Å². The van der Waals surface area contributed by atoms with Gasteiger partial charge in [-0.05, 0) is 61.9 Å². The average Bonchev–Trinajstić information content (AvgIpc) is 3.01. The van der Waals surface area contributed by atoms with E-state index in [0.717, 1.165) is 22.7 Å². The lowest BCUT2D eigenvalue weighted by Gasteiger charge is -2.30. The number of halogens is 1. The molecule has 8 heteroatoms. The number of nitrogens with zero attached hydrogens (tertiary/aromatic N) is 3. The molecule has 182 valence electrons. The van der Waals surface area contributed by atoms with Gasteiger partial charge in [-0.25, -0.2) is 4.39 Å². The molecule has 4 rings (SSSR count). The van der Waals surface area contributed by atoms with Crippen LogP contribution in [0.4, 0.5) is 4.39 Å². The van der Waals surface area contributed by atoms with E-state index >= 15 is 0 Å². The highest BCUT2D eigenvalue weighted by Crippen LogP contribution is 2.20. The quantitative estimate of drug-likeness (QED) is 0.518. The molecule has 1 aliphatic heterocycles. The van der Waals surface area contributed by atoms with E-state index in [1.165, 1.54) is 12.1 Å². The standard InChI is InChI=1S/C26H32FN3O4/c1-20-14-21(2)30(28-20)11-13-33-25-5-3-4-22(15-25)16-29-10-12-32-18-26(31,17-29)19-34-24-8-6-23(27)7-9-24/h3-9,14-15,31H,10-13,16-19H2,1-2H3/t26-/m1/s1. The number of ether oxygens (including phenoxy) is 3. The second-order valence-corrected chi connectivity index (χ2v) is 8.88. The Balaban J connectivity index is 1.31. The predicted molar refractivity (Wildman–Crippen MR) is 127 cm³/mol. The van der Waals surface area contributed by atoms with Crippen molar-refractivity contribution in [2.24, 2.45) is 0 Å². The van der Waals surface area contributed by atoms with Gasteiger partial charge in [0.05, 0.1) is 25.5 Å². The second-order valence-electron chi connectivity index (χ2n) is 8.88. The minimum absolute atomic E-state index is 0.0601. The van der Waals surface area contributed by atoms with Crippen LogP contribution in [0.1, 0.15) is 17.0 Å². The normalized spacial score (nSPS) is 19.1. The molecule has 0 aliphatic carbocycles. The molecule has 0 bridgehead atoms. The van der Waals surface area contributed by atoms with Crippen LogP contribution in [0.15, 0.2) is 54.6 Å².